The summed E-state index contributed by atoms with van der Waals surface area (Å²) < 4.78 is 5.87. The van der Waals surface area contributed by atoms with Crippen LogP contribution in [0.25, 0.3) is 21.1 Å². The summed E-state index contributed by atoms with van der Waals surface area (Å²) in [5.41, 5.74) is 8.62. The number of carbonyl (C=O) groups is 1. The minimum atomic E-state index is -0.0143. The van der Waals surface area contributed by atoms with Crippen LogP contribution in [0.1, 0.15) is 23.8 Å². The second kappa shape index (κ2) is 8.95. The zero-order chi connectivity index (χ0) is 22.9. The number of aryl methyl sites for hydroxylation is 1. The molecule has 1 aliphatic carbocycles. The van der Waals surface area contributed by atoms with E-state index in [4.69, 9.17) is 10.5 Å². The maximum Gasteiger partial charge on any atom is 0.225 e. The molecule has 9 nitrogen and oxygen atoms in total. The molecule has 0 bridgehead atoms. The first kappa shape index (κ1) is 21.6. The lowest BCUT2D eigenvalue weighted by atomic mass is 9.87. The lowest BCUT2D eigenvalue weighted by Gasteiger charge is -2.26. The molecule has 0 saturated carbocycles. The number of benzene rings is 1. The van der Waals surface area contributed by atoms with Crippen LogP contribution in [0.4, 0.5) is 11.5 Å². The van der Waals surface area contributed by atoms with Gasteiger partial charge in [0.1, 0.15) is 22.7 Å². The van der Waals surface area contributed by atoms with E-state index < -0.39 is 0 Å². The molecule has 172 valence electrons. The molecule has 0 spiro atoms. The van der Waals surface area contributed by atoms with Gasteiger partial charge in [0.2, 0.25) is 5.91 Å². The summed E-state index contributed by atoms with van der Waals surface area (Å²) >= 11 is 1.66. The highest BCUT2D eigenvalue weighted by Gasteiger charge is 2.30. The highest BCUT2D eigenvalue weighted by molar-refractivity contribution is 7.19. The van der Waals surface area contributed by atoms with Crippen molar-refractivity contribution < 1.29 is 9.53 Å². The van der Waals surface area contributed by atoms with Crippen LogP contribution in [0.5, 0.6) is 5.75 Å². The Bertz CT molecular complexity index is 1320. The third-order valence-electron chi connectivity index (χ3n) is 6.13. The van der Waals surface area contributed by atoms with Crippen molar-refractivity contribution in [2.75, 3.05) is 32.1 Å². The standard InChI is InChI=1S/C23H27N7O2S/c1-3-32-18-10-16-14(11-27-29-16)8-17(18)28-21-20-15-5-4-13(23(31)30(2)7-6-24)9-19(15)33-22(20)26-12-25-21/h8,10-13H,3-7,9,24H2,1-2H3,(H,27,29)(H,25,26,28). The van der Waals surface area contributed by atoms with Crippen molar-refractivity contribution in [2.45, 2.75) is 26.2 Å². The number of rotatable bonds is 7. The van der Waals surface area contributed by atoms with Crippen LogP contribution in [0.3, 0.4) is 0 Å². The van der Waals surface area contributed by atoms with Crippen molar-refractivity contribution in [3.63, 3.8) is 0 Å². The molecule has 1 amide bonds. The Morgan fingerprint density at radius 3 is 3.09 bits per heavy atom. The number of thiophene rings is 1. The van der Waals surface area contributed by atoms with Crippen molar-refractivity contribution in [1.82, 2.24) is 25.1 Å². The van der Waals surface area contributed by atoms with Gasteiger partial charge in [-0.15, -0.1) is 11.3 Å². The van der Waals surface area contributed by atoms with Crippen LogP contribution in [0, 0.1) is 5.92 Å². The summed E-state index contributed by atoms with van der Waals surface area (Å²) in [4.78, 5) is 25.8. The number of ether oxygens (including phenoxy) is 1. The average Bonchev–Trinajstić information content (AvgIpc) is 3.42. The number of H-pyrrole nitrogens is 1. The number of aromatic nitrogens is 4. The first-order chi connectivity index (χ1) is 16.1. The number of amides is 1. The van der Waals surface area contributed by atoms with E-state index in [1.165, 1.54) is 10.4 Å². The third kappa shape index (κ3) is 4.00. The lowest BCUT2D eigenvalue weighted by Crippen LogP contribution is -2.38. The first-order valence-electron chi connectivity index (χ1n) is 11.2. The minimum Gasteiger partial charge on any atom is -0.492 e. The van der Waals surface area contributed by atoms with E-state index in [-0.39, 0.29) is 11.8 Å². The van der Waals surface area contributed by atoms with Gasteiger partial charge in [-0.3, -0.25) is 9.89 Å². The van der Waals surface area contributed by atoms with Crippen LogP contribution in [0.15, 0.2) is 24.7 Å². The molecule has 1 aliphatic rings. The van der Waals surface area contributed by atoms with E-state index in [9.17, 15) is 4.79 Å². The number of aromatic amines is 1. The van der Waals surface area contributed by atoms with E-state index in [0.717, 1.165) is 57.6 Å². The average molecular weight is 466 g/mol. The summed E-state index contributed by atoms with van der Waals surface area (Å²) in [5.74, 6) is 1.65. The summed E-state index contributed by atoms with van der Waals surface area (Å²) in [6, 6.07) is 3.96. The Morgan fingerprint density at radius 1 is 1.39 bits per heavy atom. The van der Waals surface area contributed by atoms with E-state index in [2.05, 4.69) is 25.5 Å². The fraction of sp³-hybridized carbons (Fsp3) is 0.391. The van der Waals surface area contributed by atoms with Gasteiger partial charge in [-0.05, 0) is 37.8 Å². The summed E-state index contributed by atoms with van der Waals surface area (Å²) in [7, 11) is 1.83. The number of nitrogens with one attached hydrogen (secondary N) is 2. The summed E-state index contributed by atoms with van der Waals surface area (Å²) in [5, 5.41) is 12.6. The Balaban J connectivity index is 1.49. The van der Waals surface area contributed by atoms with Crippen molar-refractivity contribution in [3.8, 4) is 5.75 Å². The number of fused-ring (bicyclic) bond motifs is 4. The van der Waals surface area contributed by atoms with Gasteiger partial charge in [-0.1, -0.05) is 0 Å². The van der Waals surface area contributed by atoms with Crippen LogP contribution >= 0.6 is 11.3 Å². The maximum atomic E-state index is 12.8. The monoisotopic (exact) mass is 465 g/mol. The molecule has 4 aromatic rings. The van der Waals surface area contributed by atoms with Crippen molar-refractivity contribution in [3.05, 3.63) is 35.1 Å². The highest BCUT2D eigenvalue weighted by Crippen LogP contribution is 2.41. The minimum absolute atomic E-state index is 0.0143. The first-order valence-corrected chi connectivity index (χ1v) is 12.0. The number of likely N-dealkylation sites (N-methyl/N-ethyl adjacent to an activating group) is 1. The van der Waals surface area contributed by atoms with E-state index in [0.29, 0.717) is 19.7 Å². The Hall–Kier alpha value is -3.24. The molecule has 4 N–H and O–H groups in total. The Kier molecular flexibility index (Phi) is 5.86. The number of anilines is 2. The topological polar surface area (TPSA) is 122 Å². The molecule has 1 atom stereocenters. The molecule has 1 aromatic carbocycles. The molecule has 0 fully saturated rings. The van der Waals surface area contributed by atoms with Crippen LogP contribution in [0.2, 0.25) is 0 Å². The molecule has 3 heterocycles. The predicted molar refractivity (Wildman–Crippen MR) is 130 cm³/mol. The summed E-state index contributed by atoms with van der Waals surface area (Å²) in [6.45, 7) is 3.57. The number of carbonyl (C=O) groups excluding carboxylic acids is 1. The van der Waals surface area contributed by atoms with Gasteiger partial charge >= 0.3 is 0 Å². The number of hydrogen-bond acceptors (Lipinski definition) is 8. The molecule has 10 heteroatoms. The van der Waals surface area contributed by atoms with Gasteiger partial charge in [0.05, 0.1) is 29.4 Å². The predicted octanol–water partition coefficient (Wildman–Crippen LogP) is 3.23. The third-order valence-corrected chi connectivity index (χ3v) is 7.29. The maximum absolute atomic E-state index is 12.8. The molecular weight excluding hydrogens is 438 g/mol. The zero-order valence-electron chi connectivity index (χ0n) is 18.7. The smallest absolute Gasteiger partial charge is 0.225 e. The molecule has 5 rings (SSSR count). The zero-order valence-corrected chi connectivity index (χ0v) is 19.5. The van der Waals surface area contributed by atoms with Crippen molar-refractivity contribution >= 4 is 49.9 Å². The van der Waals surface area contributed by atoms with Crippen LogP contribution in [-0.2, 0) is 17.6 Å². The van der Waals surface area contributed by atoms with E-state index in [1.54, 1.807) is 28.8 Å². The molecular formula is C23H27N7O2S. The molecule has 0 radical (unpaired) electrons. The quantitative estimate of drug-likeness (QED) is 0.383. The van der Waals surface area contributed by atoms with Gasteiger partial charge in [0.25, 0.3) is 0 Å². The fourth-order valence-electron chi connectivity index (χ4n) is 4.50. The molecule has 1 unspecified atom stereocenters. The fourth-order valence-corrected chi connectivity index (χ4v) is 5.77. The van der Waals surface area contributed by atoms with Crippen LogP contribution < -0.4 is 15.8 Å². The highest BCUT2D eigenvalue weighted by atomic mass is 32.1. The van der Waals surface area contributed by atoms with E-state index >= 15 is 0 Å². The van der Waals surface area contributed by atoms with Gasteiger partial charge in [0, 0.05) is 42.4 Å². The molecule has 0 aliphatic heterocycles. The number of hydrogen-bond donors (Lipinski definition) is 3. The summed E-state index contributed by atoms with van der Waals surface area (Å²) in [6.07, 6.45) is 5.74. The number of nitrogens with two attached hydrogens (primary N) is 1. The van der Waals surface area contributed by atoms with Gasteiger partial charge in [-0.2, -0.15) is 5.10 Å². The molecule has 33 heavy (non-hydrogen) atoms. The molecule has 0 saturated heterocycles. The normalized spacial score (nSPS) is 15.5. The second-order valence-electron chi connectivity index (χ2n) is 8.26. The Labute approximate surface area is 195 Å². The van der Waals surface area contributed by atoms with Gasteiger partial charge < -0.3 is 20.7 Å². The van der Waals surface area contributed by atoms with Crippen LogP contribution in [-0.4, -0.2) is 57.7 Å². The van der Waals surface area contributed by atoms with Gasteiger partial charge in [0.15, 0.2) is 0 Å². The Morgan fingerprint density at radius 2 is 2.27 bits per heavy atom. The lowest BCUT2D eigenvalue weighted by molar-refractivity contribution is -0.134. The van der Waals surface area contributed by atoms with E-state index in [1.807, 2.05) is 26.1 Å². The number of nitrogens with zero attached hydrogens (tertiary/aromatic N) is 4. The van der Waals surface area contributed by atoms with Crippen molar-refractivity contribution in [2.24, 2.45) is 11.7 Å². The van der Waals surface area contributed by atoms with Gasteiger partial charge in [-0.25, -0.2) is 9.97 Å². The molecule has 3 aromatic heterocycles. The second-order valence-corrected chi connectivity index (χ2v) is 9.34. The SMILES string of the molecule is CCOc1cc2[nH]ncc2cc1Nc1ncnc2sc3c(c12)CCC(C(=O)N(C)CCN)C3. The largest absolute Gasteiger partial charge is 0.492 e. The van der Waals surface area contributed by atoms with Crippen molar-refractivity contribution in [1.29, 1.82) is 0 Å².